The third-order valence-electron chi connectivity index (χ3n) is 22.7. The predicted molar refractivity (Wildman–Crippen MR) is 413 cm³/mol. The average Bonchev–Trinajstić information content (AvgIpc) is 1.58. The van der Waals surface area contributed by atoms with Gasteiger partial charge in [0.15, 0.2) is 22.6 Å². The molecular formula is C81H89F4N21O4. The molecule has 1 saturated carbocycles. The first-order chi connectivity index (χ1) is 53.7. The Morgan fingerprint density at radius 2 is 1.05 bits per heavy atom. The van der Waals surface area contributed by atoms with Gasteiger partial charge in [-0.1, -0.05) is 0 Å². The molecule has 570 valence electrons. The number of likely N-dealkylation sites (N-methyl/N-ethyl adjacent to an activating group) is 1. The third-order valence-corrected chi connectivity index (χ3v) is 22.7. The van der Waals surface area contributed by atoms with Crippen molar-refractivity contribution in [3.8, 4) is 67.6 Å². The molecule has 25 nitrogen and oxygen atoms in total. The Balaban J connectivity index is 0.000000103. The number of benzene rings is 4. The van der Waals surface area contributed by atoms with Gasteiger partial charge in [0.2, 0.25) is 0 Å². The van der Waals surface area contributed by atoms with Crippen LogP contribution in [0.15, 0.2) is 147 Å². The lowest BCUT2D eigenvalue weighted by molar-refractivity contribution is -0.0341. The molecular weight excluding hydrogens is 1410 g/mol. The summed E-state index contributed by atoms with van der Waals surface area (Å²) in [4.78, 5) is 33.2. The molecule has 12 aromatic rings. The highest BCUT2D eigenvalue weighted by atomic mass is 19.1. The Hall–Kier alpha value is -10.7. The van der Waals surface area contributed by atoms with Crippen LogP contribution >= 0.6 is 0 Å². The minimum absolute atomic E-state index is 0.121. The van der Waals surface area contributed by atoms with E-state index in [0.717, 1.165) is 141 Å². The molecule has 22 bridgehead atoms. The van der Waals surface area contributed by atoms with Gasteiger partial charge in [0, 0.05) is 173 Å². The van der Waals surface area contributed by atoms with Crippen molar-refractivity contribution in [3.05, 3.63) is 170 Å². The summed E-state index contributed by atoms with van der Waals surface area (Å²) in [6, 6.07) is 31.0. The first-order valence-electron chi connectivity index (χ1n) is 38.5. The van der Waals surface area contributed by atoms with E-state index in [1.54, 1.807) is 91.4 Å². The summed E-state index contributed by atoms with van der Waals surface area (Å²) in [6.45, 7) is 19.6. The minimum atomic E-state index is -0.307. The van der Waals surface area contributed by atoms with Gasteiger partial charge in [0.25, 0.3) is 0 Å². The summed E-state index contributed by atoms with van der Waals surface area (Å²) in [7, 11) is 2.08. The third kappa shape index (κ3) is 15.0. The number of halogens is 4. The number of fused-ring (bicyclic) bond motifs is 23. The molecule has 8 aliphatic heterocycles. The van der Waals surface area contributed by atoms with E-state index in [1.165, 1.54) is 43.5 Å². The number of ether oxygens (including phenoxy) is 4. The molecule has 29 heteroatoms. The zero-order chi connectivity index (χ0) is 74.6. The van der Waals surface area contributed by atoms with Gasteiger partial charge >= 0.3 is 0 Å². The molecule has 3 unspecified atom stereocenters. The summed E-state index contributed by atoms with van der Waals surface area (Å²) in [6.07, 6.45) is 20.5. The van der Waals surface area contributed by atoms with Crippen molar-refractivity contribution in [3.63, 3.8) is 0 Å². The Kier molecular flexibility index (Phi) is 19.5. The van der Waals surface area contributed by atoms with E-state index in [-0.39, 0.29) is 41.0 Å². The number of anilines is 4. The second kappa shape index (κ2) is 30.3. The van der Waals surface area contributed by atoms with Crippen LogP contribution in [0.5, 0.6) is 23.0 Å². The molecule has 4 aromatic carbocycles. The minimum Gasteiger partial charge on any atom is -0.492 e. The lowest BCUT2D eigenvalue weighted by Gasteiger charge is -2.51. The molecule has 0 radical (unpaired) electrons. The van der Waals surface area contributed by atoms with Crippen molar-refractivity contribution in [1.82, 2.24) is 82.9 Å². The molecule has 5 fully saturated rings. The topological polar surface area (TPSA) is 213 Å². The van der Waals surface area contributed by atoms with Gasteiger partial charge in [-0.2, -0.15) is 15.3 Å². The number of nitrogens with zero attached hydrogens (tertiary/aromatic N) is 18. The average molecular weight is 1500 g/mol. The number of piperazine rings is 1. The monoisotopic (exact) mass is 1500 g/mol. The zero-order valence-corrected chi connectivity index (χ0v) is 61.9. The van der Waals surface area contributed by atoms with Crippen LogP contribution in [0.2, 0.25) is 0 Å². The van der Waals surface area contributed by atoms with Crippen molar-refractivity contribution in [1.29, 1.82) is 0 Å². The summed E-state index contributed by atoms with van der Waals surface area (Å²) >= 11 is 0. The fourth-order valence-corrected chi connectivity index (χ4v) is 16.6. The highest BCUT2D eigenvalue weighted by Crippen LogP contribution is 2.39. The lowest BCUT2D eigenvalue weighted by atomic mass is 9.95. The van der Waals surface area contributed by atoms with E-state index in [4.69, 9.17) is 28.9 Å². The van der Waals surface area contributed by atoms with Crippen LogP contribution in [0.3, 0.4) is 0 Å². The summed E-state index contributed by atoms with van der Waals surface area (Å²) in [5.41, 5.74) is 7.18. The number of aromatic nitrogens is 12. The Morgan fingerprint density at radius 3 is 1.75 bits per heavy atom. The molecule has 3 N–H and O–H groups in total. The van der Waals surface area contributed by atoms with Gasteiger partial charge in [-0.15, -0.1) is 5.10 Å². The molecule has 110 heavy (non-hydrogen) atoms. The van der Waals surface area contributed by atoms with Gasteiger partial charge in [-0.05, 0) is 168 Å². The Morgan fingerprint density at radius 1 is 0.473 bits per heavy atom. The van der Waals surface area contributed by atoms with Crippen LogP contribution in [-0.2, 0) is 0 Å². The van der Waals surface area contributed by atoms with Crippen molar-refractivity contribution >= 4 is 45.9 Å². The Labute approximate surface area is 633 Å². The maximum absolute atomic E-state index is 14.8. The van der Waals surface area contributed by atoms with Gasteiger partial charge < -0.3 is 39.8 Å². The number of rotatable bonds is 1. The summed E-state index contributed by atoms with van der Waals surface area (Å²) < 4.78 is 89.3. The van der Waals surface area contributed by atoms with E-state index in [2.05, 4.69) is 96.6 Å². The molecule has 9 aliphatic rings. The Bertz CT molecular complexity index is 5340. The van der Waals surface area contributed by atoms with Crippen molar-refractivity contribution in [2.24, 2.45) is 0 Å². The van der Waals surface area contributed by atoms with Crippen LogP contribution in [0.1, 0.15) is 58.8 Å². The number of imidazole rings is 1. The molecule has 21 rings (SSSR count). The van der Waals surface area contributed by atoms with Gasteiger partial charge in [0.05, 0.1) is 36.5 Å². The number of nitrogens with one attached hydrogen (secondary N) is 3. The fourth-order valence-electron chi connectivity index (χ4n) is 16.6. The standard InChI is InChI=1S/C24H29FN6O.C20H22FN5O.C19H20FN5O.C18H18FN5O/c1-24(2)15-29-10-8-26-22-7-9-31-23(28-22)20(12-27-31)19-11-18(5-6-21(19)25)32-14-17(29)13-30(24)16-3-4-16;21-17-5-4-14-11-16(17)18-12-23-20-7-6-19(24-26(18)20)22-8-10-25-9-2-1-3-15(13-25)27-14;1-23-13-4-6-24(12-13)8-9-26-14-2-3-17(20)15(10-14)16-11-21-25-7-5-18(23)22-19(16)25;19-16-2-1-13-9-14(16)15-10-20-24-6-4-17(22-18(15)24)21-12-3-5-23(11-12)7-8-25-13/h5-7,9,11-12,16-17H,3-4,8,10,13-15H2,1-2H3,(H,26,28);4-7,11-12,15H,1-3,8-10,13H2,(H,22,24);2-3,5,7,10-11,13H,4,6,8-9,12H2,1H3;1-2,4,6,9-10,12H,3,5,7-8,11H2,(H,21,22)/t17-;15-;13-;12-/m0111/s1. The van der Waals surface area contributed by atoms with Crippen LogP contribution < -0.4 is 39.8 Å². The second-order valence-corrected chi connectivity index (χ2v) is 30.6. The normalized spacial score (nSPS) is 22.9. The highest BCUT2D eigenvalue weighted by molar-refractivity contribution is 5.81. The first-order valence-corrected chi connectivity index (χ1v) is 38.5. The molecule has 0 amide bonds. The molecule has 1 aliphatic carbocycles. The maximum atomic E-state index is 14.8. The molecule has 16 heterocycles. The largest absolute Gasteiger partial charge is 0.492 e. The van der Waals surface area contributed by atoms with Crippen LogP contribution in [0.25, 0.3) is 67.2 Å². The van der Waals surface area contributed by atoms with Gasteiger partial charge in [0.1, 0.15) is 95.5 Å². The van der Waals surface area contributed by atoms with Crippen molar-refractivity contribution in [2.45, 2.75) is 94.6 Å². The molecule has 8 aromatic heterocycles. The fraction of sp³-hybridized carbons (Fsp3) is 0.407. The van der Waals surface area contributed by atoms with Gasteiger partial charge in [-0.25, -0.2) is 55.6 Å². The van der Waals surface area contributed by atoms with Crippen LogP contribution in [0.4, 0.5) is 40.8 Å². The van der Waals surface area contributed by atoms with E-state index in [0.29, 0.717) is 128 Å². The summed E-state index contributed by atoms with van der Waals surface area (Å²) in [5, 5.41) is 27.9. The maximum Gasteiger partial charge on any atom is 0.165 e. The molecule has 4 saturated heterocycles. The SMILES string of the molecule is CC1(C)CN2CCNc3ccn4ncc(c4n3)-c3cc(ccc3F)OC[C@@H]2CN1C1CC1.CN1c2ccn3ncc(c3n2)-c2cc(ccc2F)OCCN2CC[C@@H]1C2.Fc1ccc2cc1-c1cnc3ccc(nn13)NCCN1CCCC[C@H](C1)O2.Fc1ccc2cc1-c1cnn3ccc(nc13)N[C@@H]1CCN(CCO2)C1. The van der Waals surface area contributed by atoms with Crippen LogP contribution in [0, 0.1) is 23.3 Å². The van der Waals surface area contributed by atoms with Gasteiger partial charge in [-0.3, -0.25) is 24.5 Å². The number of hydrogen-bond acceptors (Lipinski definition) is 21. The number of hydrogen-bond donors (Lipinski definition) is 3. The van der Waals surface area contributed by atoms with Crippen LogP contribution in [-0.4, -0.2) is 237 Å². The first kappa shape index (κ1) is 70.9. The quantitative estimate of drug-likeness (QED) is 0.130. The van der Waals surface area contributed by atoms with Crippen molar-refractivity contribution < 1.29 is 36.5 Å². The van der Waals surface area contributed by atoms with E-state index in [1.807, 2.05) is 48.9 Å². The summed E-state index contributed by atoms with van der Waals surface area (Å²) in [5.74, 6) is 4.70. The van der Waals surface area contributed by atoms with E-state index >= 15 is 0 Å². The zero-order valence-electron chi connectivity index (χ0n) is 61.9. The van der Waals surface area contributed by atoms with E-state index < -0.39 is 0 Å². The highest BCUT2D eigenvalue weighted by Gasteiger charge is 2.45. The van der Waals surface area contributed by atoms with Crippen molar-refractivity contribution in [2.75, 3.05) is 139 Å². The second-order valence-electron chi connectivity index (χ2n) is 30.6. The molecule has 0 spiro atoms. The molecule has 7 atom stereocenters. The lowest BCUT2D eigenvalue weighted by Crippen LogP contribution is -2.65. The van der Waals surface area contributed by atoms with E-state index in [9.17, 15) is 17.6 Å². The smallest absolute Gasteiger partial charge is 0.165 e. The predicted octanol–water partition coefficient (Wildman–Crippen LogP) is 11.3.